The molecule has 0 aliphatic carbocycles. The van der Waals surface area contributed by atoms with Gasteiger partial charge < -0.3 is 20.5 Å². The number of hydrogen-bond donors (Lipinski definition) is 2. The first-order chi connectivity index (χ1) is 10.3. The van der Waals surface area contributed by atoms with Crippen LogP contribution in [0, 0.1) is 0 Å². The van der Waals surface area contributed by atoms with E-state index in [1.54, 1.807) is 12.1 Å². The van der Waals surface area contributed by atoms with E-state index >= 15 is 0 Å². The van der Waals surface area contributed by atoms with Gasteiger partial charge in [0.2, 0.25) is 0 Å². The Kier molecular flexibility index (Phi) is 9.03. The van der Waals surface area contributed by atoms with Crippen molar-refractivity contribution < 1.29 is 14.3 Å². The first kappa shape index (κ1) is 17.3. The van der Waals surface area contributed by atoms with E-state index in [4.69, 9.17) is 15.2 Å². The lowest BCUT2D eigenvalue weighted by molar-refractivity contribution is 0.0511. The molecule has 0 bridgehead atoms. The van der Waals surface area contributed by atoms with Crippen LogP contribution in [-0.4, -0.2) is 52.1 Å². The normalized spacial score (nSPS) is 10.3. The maximum absolute atomic E-state index is 11.8. The summed E-state index contributed by atoms with van der Waals surface area (Å²) >= 11 is 0. The standard InChI is InChI=1S/C15H23N3O3/c1-17-12-13-2-4-14(5-3-13)15(19)18-7-9-21-11-10-20-8-6-16/h2-5H,1,6-12,16H2,(H,18,19). The van der Waals surface area contributed by atoms with E-state index in [1.807, 2.05) is 12.1 Å². The molecule has 1 aromatic rings. The molecular weight excluding hydrogens is 270 g/mol. The lowest BCUT2D eigenvalue weighted by Crippen LogP contribution is -2.27. The Balaban J connectivity index is 2.14. The number of nitrogens with zero attached hydrogens (tertiary/aromatic N) is 1. The van der Waals surface area contributed by atoms with Crippen LogP contribution in [0.2, 0.25) is 0 Å². The van der Waals surface area contributed by atoms with Crippen molar-refractivity contribution in [2.24, 2.45) is 10.7 Å². The molecule has 0 heterocycles. The maximum Gasteiger partial charge on any atom is 0.251 e. The van der Waals surface area contributed by atoms with Crippen LogP contribution in [0.1, 0.15) is 15.9 Å². The van der Waals surface area contributed by atoms with Gasteiger partial charge in [-0.1, -0.05) is 12.1 Å². The highest BCUT2D eigenvalue weighted by Gasteiger charge is 2.04. The summed E-state index contributed by atoms with van der Waals surface area (Å²) in [7, 11) is 0. The minimum atomic E-state index is -0.115. The Hall–Kier alpha value is -1.76. The van der Waals surface area contributed by atoms with E-state index in [1.165, 1.54) is 0 Å². The fraction of sp³-hybridized carbons (Fsp3) is 0.467. The fourth-order valence-corrected chi connectivity index (χ4v) is 1.63. The van der Waals surface area contributed by atoms with E-state index in [0.29, 0.717) is 51.6 Å². The molecule has 3 N–H and O–H groups in total. The van der Waals surface area contributed by atoms with Crippen molar-refractivity contribution in [3.8, 4) is 0 Å². The Labute approximate surface area is 125 Å². The lowest BCUT2D eigenvalue weighted by Gasteiger charge is -2.07. The van der Waals surface area contributed by atoms with Gasteiger partial charge in [-0.25, -0.2) is 0 Å². The van der Waals surface area contributed by atoms with Crippen molar-refractivity contribution >= 4 is 12.6 Å². The van der Waals surface area contributed by atoms with Gasteiger partial charge in [-0.05, 0) is 24.4 Å². The molecule has 21 heavy (non-hydrogen) atoms. The van der Waals surface area contributed by atoms with Crippen LogP contribution >= 0.6 is 0 Å². The number of carbonyl (C=O) groups excluding carboxylic acids is 1. The molecule has 116 valence electrons. The number of aliphatic imine (C=N–C) groups is 1. The van der Waals surface area contributed by atoms with Crippen molar-refractivity contribution in [1.29, 1.82) is 0 Å². The summed E-state index contributed by atoms with van der Waals surface area (Å²) in [4.78, 5) is 15.6. The number of rotatable bonds is 11. The van der Waals surface area contributed by atoms with Gasteiger partial charge in [0, 0.05) is 18.7 Å². The average Bonchev–Trinajstić information content (AvgIpc) is 2.51. The predicted molar refractivity (Wildman–Crippen MR) is 82.7 cm³/mol. The van der Waals surface area contributed by atoms with Crippen LogP contribution < -0.4 is 11.1 Å². The maximum atomic E-state index is 11.8. The number of carbonyl (C=O) groups is 1. The molecule has 1 rings (SSSR count). The molecule has 0 atom stereocenters. The zero-order valence-electron chi connectivity index (χ0n) is 12.2. The number of hydrogen-bond acceptors (Lipinski definition) is 5. The molecule has 0 radical (unpaired) electrons. The van der Waals surface area contributed by atoms with Crippen LogP contribution in [0.3, 0.4) is 0 Å². The molecule has 1 aromatic carbocycles. The zero-order chi connectivity index (χ0) is 15.3. The van der Waals surface area contributed by atoms with Gasteiger partial charge in [0.1, 0.15) is 0 Å². The van der Waals surface area contributed by atoms with Gasteiger partial charge in [0.15, 0.2) is 0 Å². The third-order valence-corrected chi connectivity index (χ3v) is 2.68. The summed E-state index contributed by atoms with van der Waals surface area (Å²) in [6.07, 6.45) is 0. The molecule has 0 aliphatic heterocycles. The number of amides is 1. The Bertz CT molecular complexity index is 421. The molecule has 6 nitrogen and oxygen atoms in total. The Morgan fingerprint density at radius 1 is 1.14 bits per heavy atom. The van der Waals surface area contributed by atoms with Gasteiger partial charge in [0.05, 0.1) is 33.0 Å². The number of benzene rings is 1. The number of nitrogens with one attached hydrogen (secondary N) is 1. The summed E-state index contributed by atoms with van der Waals surface area (Å²) in [6, 6.07) is 7.29. The van der Waals surface area contributed by atoms with Crippen LogP contribution in [0.25, 0.3) is 0 Å². The van der Waals surface area contributed by atoms with Gasteiger partial charge in [0.25, 0.3) is 5.91 Å². The van der Waals surface area contributed by atoms with E-state index < -0.39 is 0 Å². The molecule has 0 aromatic heterocycles. The van der Waals surface area contributed by atoms with Crippen LogP contribution in [0.5, 0.6) is 0 Å². The molecule has 6 heteroatoms. The van der Waals surface area contributed by atoms with Gasteiger partial charge in [-0.3, -0.25) is 9.79 Å². The van der Waals surface area contributed by atoms with Crippen molar-refractivity contribution in [3.63, 3.8) is 0 Å². The quantitative estimate of drug-likeness (QED) is 0.462. The van der Waals surface area contributed by atoms with Gasteiger partial charge in [-0.2, -0.15) is 0 Å². The first-order valence-electron chi connectivity index (χ1n) is 6.93. The molecular formula is C15H23N3O3. The second-order valence-corrected chi connectivity index (χ2v) is 4.35. The van der Waals surface area contributed by atoms with Crippen molar-refractivity contribution in [2.75, 3.05) is 39.5 Å². The molecule has 0 saturated heterocycles. The molecule has 0 unspecified atom stereocenters. The molecule has 1 amide bonds. The Morgan fingerprint density at radius 3 is 2.43 bits per heavy atom. The van der Waals surface area contributed by atoms with Crippen molar-refractivity contribution in [2.45, 2.75) is 6.54 Å². The topological polar surface area (TPSA) is 85.9 Å². The van der Waals surface area contributed by atoms with E-state index in [9.17, 15) is 4.79 Å². The lowest BCUT2D eigenvalue weighted by atomic mass is 10.1. The SMILES string of the molecule is C=NCc1ccc(C(=O)NCCOCCOCCN)cc1. The zero-order valence-corrected chi connectivity index (χ0v) is 12.2. The van der Waals surface area contributed by atoms with Crippen molar-refractivity contribution in [1.82, 2.24) is 5.32 Å². The van der Waals surface area contributed by atoms with Crippen LogP contribution in [-0.2, 0) is 16.0 Å². The third-order valence-electron chi connectivity index (χ3n) is 2.68. The van der Waals surface area contributed by atoms with E-state index in [-0.39, 0.29) is 5.91 Å². The van der Waals surface area contributed by atoms with E-state index in [2.05, 4.69) is 17.0 Å². The third kappa shape index (κ3) is 7.55. The Morgan fingerprint density at radius 2 is 1.81 bits per heavy atom. The number of nitrogens with two attached hydrogens (primary N) is 1. The summed E-state index contributed by atoms with van der Waals surface area (Å²) in [5.41, 5.74) is 6.93. The second kappa shape index (κ2) is 11.0. The largest absolute Gasteiger partial charge is 0.378 e. The van der Waals surface area contributed by atoms with Crippen molar-refractivity contribution in [3.05, 3.63) is 35.4 Å². The minimum Gasteiger partial charge on any atom is -0.378 e. The second-order valence-electron chi connectivity index (χ2n) is 4.35. The number of ether oxygens (including phenoxy) is 2. The van der Waals surface area contributed by atoms with Crippen LogP contribution in [0.15, 0.2) is 29.3 Å². The molecule has 0 spiro atoms. The average molecular weight is 293 g/mol. The minimum absolute atomic E-state index is 0.115. The van der Waals surface area contributed by atoms with Gasteiger partial charge >= 0.3 is 0 Å². The fourth-order valence-electron chi connectivity index (χ4n) is 1.63. The summed E-state index contributed by atoms with van der Waals surface area (Å²) in [5, 5.41) is 2.79. The highest BCUT2D eigenvalue weighted by atomic mass is 16.5. The monoisotopic (exact) mass is 293 g/mol. The highest BCUT2D eigenvalue weighted by molar-refractivity contribution is 5.94. The molecule has 0 fully saturated rings. The molecule has 0 aliphatic rings. The summed E-state index contributed by atoms with van der Waals surface area (Å²) in [5.74, 6) is -0.115. The summed E-state index contributed by atoms with van der Waals surface area (Å²) in [6.45, 7) is 6.98. The first-order valence-corrected chi connectivity index (χ1v) is 6.93. The predicted octanol–water partition coefficient (Wildman–Crippen LogP) is 0.609. The summed E-state index contributed by atoms with van der Waals surface area (Å²) < 4.78 is 10.5. The smallest absolute Gasteiger partial charge is 0.251 e. The van der Waals surface area contributed by atoms with E-state index in [0.717, 1.165) is 5.56 Å². The van der Waals surface area contributed by atoms with Crippen LogP contribution in [0.4, 0.5) is 0 Å². The molecule has 0 saturated carbocycles. The van der Waals surface area contributed by atoms with Gasteiger partial charge in [-0.15, -0.1) is 0 Å². The highest BCUT2D eigenvalue weighted by Crippen LogP contribution is 2.05.